The highest BCUT2D eigenvalue weighted by atomic mass is 32.2. The minimum atomic E-state index is -3.88. The number of carbonyl (C=O) groups excluding carboxylic acids is 1. The molecule has 0 aliphatic carbocycles. The van der Waals surface area contributed by atoms with Gasteiger partial charge >= 0.3 is 0 Å². The SMILES string of the molecule is Cc1cccc2c1N(F)C(=O)C(OS(C)(=O)=O)C2(C)C. The highest BCUT2D eigenvalue weighted by Crippen LogP contribution is 2.43. The van der Waals surface area contributed by atoms with Crippen molar-refractivity contribution in [3.05, 3.63) is 29.3 Å². The predicted octanol–water partition coefficient (Wildman–Crippen LogP) is 1.85. The van der Waals surface area contributed by atoms with Crippen molar-refractivity contribution in [2.24, 2.45) is 0 Å². The van der Waals surface area contributed by atoms with Crippen molar-refractivity contribution in [3.63, 3.8) is 0 Å². The molecule has 1 aliphatic heterocycles. The van der Waals surface area contributed by atoms with Gasteiger partial charge in [0.05, 0.1) is 11.9 Å². The molecule has 0 aromatic heterocycles. The van der Waals surface area contributed by atoms with E-state index in [2.05, 4.69) is 0 Å². The van der Waals surface area contributed by atoms with Crippen LogP contribution in [0.1, 0.15) is 25.0 Å². The number of amides is 1. The van der Waals surface area contributed by atoms with Crippen LogP contribution >= 0.6 is 0 Å². The molecular formula is C13H16FNO4S. The third-order valence-corrected chi connectivity index (χ3v) is 4.01. The molecule has 1 aliphatic rings. The number of benzene rings is 1. The molecule has 7 heteroatoms. The topological polar surface area (TPSA) is 63.7 Å². The van der Waals surface area contributed by atoms with Crippen LogP contribution in [0.25, 0.3) is 0 Å². The monoisotopic (exact) mass is 301 g/mol. The average Bonchev–Trinajstić information content (AvgIpc) is 2.31. The summed E-state index contributed by atoms with van der Waals surface area (Å²) in [6.45, 7) is 5.00. The average molecular weight is 301 g/mol. The summed E-state index contributed by atoms with van der Waals surface area (Å²) in [4.78, 5) is 12.1. The summed E-state index contributed by atoms with van der Waals surface area (Å²) in [5.41, 5.74) is 0.345. The van der Waals surface area contributed by atoms with Gasteiger partial charge in [0.15, 0.2) is 6.10 Å². The molecule has 0 saturated carbocycles. The van der Waals surface area contributed by atoms with E-state index in [4.69, 9.17) is 4.18 Å². The summed E-state index contributed by atoms with van der Waals surface area (Å²) < 4.78 is 41.6. The first kappa shape index (κ1) is 14.9. The molecule has 1 amide bonds. The summed E-state index contributed by atoms with van der Waals surface area (Å²) in [7, 11) is -3.88. The molecule has 0 fully saturated rings. The summed E-state index contributed by atoms with van der Waals surface area (Å²) in [5.74, 6) is -1.01. The lowest BCUT2D eigenvalue weighted by molar-refractivity contribution is -0.131. The maximum absolute atomic E-state index is 14.2. The fraction of sp³-hybridized carbons (Fsp3) is 0.462. The zero-order valence-corrected chi connectivity index (χ0v) is 12.5. The highest BCUT2D eigenvalue weighted by molar-refractivity contribution is 7.86. The van der Waals surface area contributed by atoms with Crippen molar-refractivity contribution < 1.29 is 21.9 Å². The predicted molar refractivity (Wildman–Crippen MR) is 72.5 cm³/mol. The Morgan fingerprint density at radius 1 is 1.35 bits per heavy atom. The number of hydrogen-bond donors (Lipinski definition) is 0. The molecule has 0 saturated heterocycles. The Labute approximate surface area is 117 Å². The van der Waals surface area contributed by atoms with E-state index in [0.29, 0.717) is 11.1 Å². The number of aryl methyl sites for hydroxylation is 1. The van der Waals surface area contributed by atoms with Crippen molar-refractivity contribution in [1.29, 1.82) is 0 Å². The first-order chi connectivity index (χ1) is 9.05. The summed E-state index contributed by atoms with van der Waals surface area (Å²) in [5, 5.41) is -0.0221. The van der Waals surface area contributed by atoms with Gasteiger partial charge in [-0.15, -0.1) is 5.12 Å². The van der Waals surface area contributed by atoms with Crippen LogP contribution in [-0.4, -0.2) is 26.7 Å². The van der Waals surface area contributed by atoms with E-state index in [1.807, 2.05) is 0 Å². The summed E-state index contributed by atoms with van der Waals surface area (Å²) >= 11 is 0. The van der Waals surface area contributed by atoms with Crippen LogP contribution in [0, 0.1) is 6.92 Å². The zero-order chi connectivity index (χ0) is 15.3. The summed E-state index contributed by atoms with van der Waals surface area (Å²) in [6, 6.07) is 5.09. The van der Waals surface area contributed by atoms with Crippen LogP contribution < -0.4 is 5.12 Å². The van der Waals surface area contributed by atoms with Crippen LogP contribution in [-0.2, 0) is 24.5 Å². The lowest BCUT2D eigenvalue weighted by atomic mass is 9.75. The molecule has 0 bridgehead atoms. The number of anilines is 1. The minimum Gasteiger partial charge on any atom is -0.269 e. The molecule has 0 radical (unpaired) electrons. The summed E-state index contributed by atoms with van der Waals surface area (Å²) in [6.07, 6.45) is -0.582. The Morgan fingerprint density at radius 2 is 1.95 bits per heavy atom. The quantitative estimate of drug-likeness (QED) is 0.618. The molecule has 1 atom stereocenters. The molecule has 1 aromatic carbocycles. The highest BCUT2D eigenvalue weighted by Gasteiger charge is 2.49. The minimum absolute atomic E-state index is 0.0221. The van der Waals surface area contributed by atoms with Gasteiger partial charge in [0.25, 0.3) is 16.0 Å². The van der Waals surface area contributed by atoms with Gasteiger partial charge in [0.2, 0.25) is 0 Å². The number of fused-ring (bicyclic) bond motifs is 1. The number of carbonyl (C=O) groups is 1. The van der Waals surface area contributed by atoms with Crippen molar-refractivity contribution in [2.75, 3.05) is 11.4 Å². The molecular weight excluding hydrogens is 285 g/mol. The van der Waals surface area contributed by atoms with Crippen LogP contribution in [0.5, 0.6) is 0 Å². The lowest BCUT2D eigenvalue weighted by Gasteiger charge is -2.40. The third kappa shape index (κ3) is 2.31. The molecule has 0 N–H and O–H groups in total. The second-order valence-electron chi connectivity index (χ2n) is 5.49. The fourth-order valence-corrected chi connectivity index (χ4v) is 3.11. The smallest absolute Gasteiger partial charge is 0.269 e. The number of hydrogen-bond acceptors (Lipinski definition) is 4. The fourth-order valence-electron chi connectivity index (χ4n) is 2.44. The van der Waals surface area contributed by atoms with Crippen LogP contribution in [0.3, 0.4) is 0 Å². The van der Waals surface area contributed by atoms with E-state index in [1.54, 1.807) is 39.0 Å². The van der Waals surface area contributed by atoms with Gasteiger partial charge in [-0.1, -0.05) is 36.5 Å². The van der Waals surface area contributed by atoms with Crippen molar-refractivity contribution in [1.82, 2.24) is 0 Å². The van der Waals surface area contributed by atoms with E-state index in [0.717, 1.165) is 6.26 Å². The second-order valence-corrected chi connectivity index (χ2v) is 7.09. The number of nitrogens with zero attached hydrogens (tertiary/aromatic N) is 1. The van der Waals surface area contributed by atoms with Crippen LogP contribution in [0.4, 0.5) is 10.2 Å². The molecule has 1 unspecified atom stereocenters. The van der Waals surface area contributed by atoms with Gasteiger partial charge < -0.3 is 0 Å². The Bertz CT molecular complexity index is 669. The van der Waals surface area contributed by atoms with E-state index >= 15 is 0 Å². The standard InChI is InChI=1S/C13H16FNO4S/c1-8-6-5-7-9-10(8)15(14)12(16)11(13(9,2)3)19-20(4,17)18/h5-7,11H,1-4H3. The molecule has 1 heterocycles. The van der Waals surface area contributed by atoms with Gasteiger partial charge in [0.1, 0.15) is 0 Å². The van der Waals surface area contributed by atoms with E-state index < -0.39 is 27.5 Å². The van der Waals surface area contributed by atoms with Gasteiger partial charge in [-0.25, -0.2) is 0 Å². The van der Waals surface area contributed by atoms with Crippen molar-refractivity contribution >= 4 is 21.7 Å². The van der Waals surface area contributed by atoms with E-state index in [9.17, 15) is 17.7 Å². The van der Waals surface area contributed by atoms with Gasteiger partial charge in [-0.3, -0.25) is 8.98 Å². The van der Waals surface area contributed by atoms with Gasteiger partial charge in [-0.05, 0) is 18.1 Å². The largest absolute Gasteiger partial charge is 0.286 e. The van der Waals surface area contributed by atoms with Crippen LogP contribution in [0.2, 0.25) is 0 Å². The van der Waals surface area contributed by atoms with E-state index in [-0.39, 0.29) is 10.8 Å². The first-order valence-corrected chi connectivity index (χ1v) is 7.85. The Morgan fingerprint density at radius 3 is 2.50 bits per heavy atom. The second kappa shape index (κ2) is 4.53. The zero-order valence-electron chi connectivity index (χ0n) is 11.7. The van der Waals surface area contributed by atoms with Crippen LogP contribution in [0.15, 0.2) is 18.2 Å². The maximum Gasteiger partial charge on any atom is 0.286 e. The Balaban J connectivity index is 2.64. The third-order valence-electron chi connectivity index (χ3n) is 3.47. The maximum atomic E-state index is 14.2. The Kier molecular flexibility index (Phi) is 3.38. The Hall–Kier alpha value is -1.47. The lowest BCUT2D eigenvalue weighted by Crippen LogP contribution is -2.52. The van der Waals surface area contributed by atoms with Gasteiger partial charge in [-0.2, -0.15) is 8.42 Å². The molecule has 2 rings (SSSR count). The van der Waals surface area contributed by atoms with Crippen molar-refractivity contribution in [3.8, 4) is 0 Å². The number of halogens is 1. The number of rotatable bonds is 2. The van der Waals surface area contributed by atoms with Gasteiger partial charge in [0, 0.05) is 5.41 Å². The van der Waals surface area contributed by atoms with E-state index in [1.165, 1.54) is 0 Å². The van der Waals surface area contributed by atoms with Crippen molar-refractivity contribution in [2.45, 2.75) is 32.3 Å². The molecule has 1 aromatic rings. The normalized spacial score (nSPS) is 21.8. The molecule has 20 heavy (non-hydrogen) atoms. The molecule has 110 valence electrons. The first-order valence-electron chi connectivity index (χ1n) is 6.04. The molecule has 0 spiro atoms. The molecule has 5 nitrogen and oxygen atoms in total. The number of para-hydroxylation sites is 1.